The van der Waals surface area contributed by atoms with Gasteiger partial charge >= 0.3 is 11.8 Å². The van der Waals surface area contributed by atoms with Gasteiger partial charge < -0.3 is 20.1 Å². The number of aromatic amines is 1. The normalized spacial score (nSPS) is 11.7. The third-order valence-electron chi connectivity index (χ3n) is 4.45. The number of halogens is 1. The highest BCUT2D eigenvalue weighted by atomic mass is 127. The van der Waals surface area contributed by atoms with E-state index in [-0.39, 0.29) is 22.2 Å². The van der Waals surface area contributed by atoms with Gasteiger partial charge in [0.05, 0.1) is 21.0 Å². The molecule has 4 N–H and O–H groups in total. The number of aromatic nitrogens is 2. The number of phenols is 1. The molecule has 0 aliphatic carbocycles. The monoisotopic (exact) mass is 578 g/mol. The lowest BCUT2D eigenvalue weighted by Crippen LogP contribution is -2.47. The van der Waals surface area contributed by atoms with Crippen LogP contribution in [0.5, 0.6) is 5.75 Å². The third kappa shape index (κ3) is 6.99. The molecule has 0 spiro atoms. The lowest BCUT2D eigenvalue weighted by molar-refractivity contribution is -0.386. The second kappa shape index (κ2) is 11.7. The fraction of sp³-hybridized carbons (Fsp3) is 0.143. The summed E-state index contributed by atoms with van der Waals surface area (Å²) >= 11 is 1.75. The highest BCUT2D eigenvalue weighted by Crippen LogP contribution is 2.31. The van der Waals surface area contributed by atoms with Gasteiger partial charge in [0.15, 0.2) is 0 Å². The lowest BCUT2D eigenvalue weighted by atomic mass is 10.1. The standard InChI is InChI=1S/C21H19IN6O6/c22-16-6-14(7-18(19(16)29)28(32)33)9-25-27-20(30)17(8-15-10-23-12-24-15)26-21(31)34-11-13-4-2-1-3-5-13/h1-7,9-10,12,17,29H,8,11H2,(H,23,24)(H,26,31)(H,27,30)/b25-9-/t17-/m0/s1. The largest absolute Gasteiger partial charge is 0.501 e. The van der Waals surface area contributed by atoms with Gasteiger partial charge in [0.25, 0.3) is 5.91 Å². The maximum Gasteiger partial charge on any atom is 0.408 e. The minimum atomic E-state index is -1.05. The molecule has 13 heteroatoms. The minimum Gasteiger partial charge on any atom is -0.501 e. The maximum absolute atomic E-state index is 12.7. The first-order valence-electron chi connectivity index (χ1n) is 9.77. The fourth-order valence-electron chi connectivity index (χ4n) is 2.80. The Morgan fingerprint density at radius 2 is 2.09 bits per heavy atom. The van der Waals surface area contributed by atoms with Crippen LogP contribution in [0.4, 0.5) is 10.5 Å². The van der Waals surface area contributed by atoms with Crippen LogP contribution in [-0.2, 0) is 22.6 Å². The van der Waals surface area contributed by atoms with Gasteiger partial charge in [-0.25, -0.2) is 15.2 Å². The lowest BCUT2D eigenvalue weighted by Gasteiger charge is -2.16. The topological polar surface area (TPSA) is 172 Å². The summed E-state index contributed by atoms with van der Waals surface area (Å²) in [6, 6.07) is 10.6. The van der Waals surface area contributed by atoms with Crippen molar-refractivity contribution in [2.75, 3.05) is 0 Å². The number of hydrogen-bond acceptors (Lipinski definition) is 8. The molecule has 2 amide bonds. The predicted octanol–water partition coefficient (Wildman–Crippen LogP) is 2.62. The third-order valence-corrected chi connectivity index (χ3v) is 5.27. The zero-order chi connectivity index (χ0) is 24.5. The van der Waals surface area contributed by atoms with Crippen molar-refractivity contribution in [3.8, 4) is 5.75 Å². The Hall–Kier alpha value is -4.01. The molecule has 0 unspecified atom stereocenters. The van der Waals surface area contributed by atoms with Gasteiger partial charge in [-0.1, -0.05) is 30.3 Å². The molecule has 176 valence electrons. The number of benzene rings is 2. The van der Waals surface area contributed by atoms with Crippen LogP contribution in [-0.4, -0.2) is 44.3 Å². The SMILES string of the molecule is O=C(N[C@@H](Cc1cnc[nH]1)C(=O)N/N=C\c1cc(I)c(O)c([N+](=O)[O-])c1)OCc1ccccc1. The van der Waals surface area contributed by atoms with Gasteiger partial charge in [-0.2, -0.15) is 5.10 Å². The molecular weight excluding hydrogens is 559 g/mol. The molecule has 0 radical (unpaired) electrons. The van der Waals surface area contributed by atoms with Crippen LogP contribution in [0.3, 0.4) is 0 Å². The summed E-state index contributed by atoms with van der Waals surface area (Å²) in [5.41, 5.74) is 3.48. The van der Waals surface area contributed by atoms with Crippen LogP contribution in [0.15, 0.2) is 60.1 Å². The minimum absolute atomic E-state index is 0.0293. The fourth-order valence-corrected chi connectivity index (χ4v) is 3.44. The van der Waals surface area contributed by atoms with E-state index in [1.165, 1.54) is 24.8 Å². The summed E-state index contributed by atoms with van der Waals surface area (Å²) in [7, 11) is 0. The summed E-state index contributed by atoms with van der Waals surface area (Å²) < 4.78 is 5.43. The number of phenolic OH excluding ortho intramolecular Hbond substituents is 1. The van der Waals surface area contributed by atoms with Crippen LogP contribution < -0.4 is 10.7 Å². The van der Waals surface area contributed by atoms with Gasteiger partial charge in [0, 0.05) is 29.9 Å². The van der Waals surface area contributed by atoms with Crippen molar-refractivity contribution < 1.29 is 24.4 Å². The Morgan fingerprint density at radius 3 is 2.76 bits per heavy atom. The van der Waals surface area contributed by atoms with Crippen molar-refractivity contribution >= 4 is 46.5 Å². The van der Waals surface area contributed by atoms with Crippen LogP contribution in [0, 0.1) is 13.7 Å². The molecule has 0 bridgehead atoms. The number of carbonyl (C=O) groups excluding carboxylic acids is 2. The summed E-state index contributed by atoms with van der Waals surface area (Å²) in [6.07, 6.45) is 3.43. The second-order valence-electron chi connectivity index (χ2n) is 6.90. The first kappa shape index (κ1) is 24.6. The van der Waals surface area contributed by atoms with Crippen LogP contribution in [0.2, 0.25) is 0 Å². The van der Waals surface area contributed by atoms with E-state index in [1.807, 2.05) is 18.2 Å². The zero-order valence-electron chi connectivity index (χ0n) is 17.5. The average Bonchev–Trinajstić information content (AvgIpc) is 3.33. The molecule has 1 atom stereocenters. The van der Waals surface area contributed by atoms with Gasteiger partial charge in [0.2, 0.25) is 5.75 Å². The molecule has 1 aromatic heterocycles. The Morgan fingerprint density at radius 1 is 1.32 bits per heavy atom. The second-order valence-corrected chi connectivity index (χ2v) is 8.06. The summed E-state index contributed by atoms with van der Waals surface area (Å²) in [4.78, 5) is 42.0. The van der Waals surface area contributed by atoms with Crippen molar-refractivity contribution in [2.45, 2.75) is 19.1 Å². The Labute approximate surface area is 206 Å². The summed E-state index contributed by atoms with van der Waals surface area (Å²) in [6.45, 7) is 0.0293. The van der Waals surface area contributed by atoms with Crippen LogP contribution >= 0.6 is 22.6 Å². The van der Waals surface area contributed by atoms with E-state index in [4.69, 9.17) is 4.74 Å². The first-order chi connectivity index (χ1) is 16.3. The molecule has 0 saturated heterocycles. The molecule has 0 aliphatic heterocycles. The molecule has 1 heterocycles. The Balaban J connectivity index is 1.65. The van der Waals surface area contributed by atoms with E-state index in [0.717, 1.165) is 11.6 Å². The number of hydrazone groups is 1. The van der Waals surface area contributed by atoms with Gasteiger partial charge in [0.1, 0.15) is 12.6 Å². The van der Waals surface area contributed by atoms with Crippen molar-refractivity contribution in [3.63, 3.8) is 0 Å². The number of nitrogens with one attached hydrogen (secondary N) is 3. The number of ether oxygens (including phenoxy) is 1. The van der Waals surface area contributed by atoms with Crippen molar-refractivity contribution in [1.29, 1.82) is 0 Å². The van der Waals surface area contributed by atoms with Gasteiger partial charge in [-0.15, -0.1) is 0 Å². The molecule has 2 aromatic carbocycles. The smallest absolute Gasteiger partial charge is 0.408 e. The molecule has 34 heavy (non-hydrogen) atoms. The number of nitro groups is 1. The van der Waals surface area contributed by atoms with E-state index in [9.17, 15) is 24.8 Å². The van der Waals surface area contributed by atoms with Crippen molar-refractivity contribution in [2.24, 2.45) is 5.10 Å². The van der Waals surface area contributed by atoms with Gasteiger partial charge in [-0.05, 0) is 34.2 Å². The van der Waals surface area contributed by atoms with E-state index in [1.54, 1.807) is 34.7 Å². The number of nitrogens with zero attached hydrogens (tertiary/aromatic N) is 3. The maximum atomic E-state index is 12.7. The highest BCUT2D eigenvalue weighted by Gasteiger charge is 2.23. The number of nitro benzene ring substituents is 1. The highest BCUT2D eigenvalue weighted by molar-refractivity contribution is 14.1. The number of aromatic hydroxyl groups is 1. The molecule has 12 nitrogen and oxygen atoms in total. The van der Waals surface area contributed by atoms with E-state index in [0.29, 0.717) is 5.69 Å². The van der Waals surface area contributed by atoms with E-state index in [2.05, 4.69) is 25.8 Å². The van der Waals surface area contributed by atoms with Crippen molar-refractivity contribution in [3.05, 3.63) is 85.5 Å². The molecular formula is C21H19IN6O6. The van der Waals surface area contributed by atoms with Crippen LogP contribution in [0.25, 0.3) is 0 Å². The first-order valence-corrected chi connectivity index (χ1v) is 10.9. The van der Waals surface area contributed by atoms with Crippen molar-refractivity contribution in [1.82, 2.24) is 20.7 Å². The molecule has 0 fully saturated rings. The number of amides is 2. The van der Waals surface area contributed by atoms with Crippen LogP contribution in [0.1, 0.15) is 16.8 Å². The predicted molar refractivity (Wildman–Crippen MR) is 129 cm³/mol. The van der Waals surface area contributed by atoms with E-state index < -0.39 is 34.4 Å². The van der Waals surface area contributed by atoms with E-state index >= 15 is 0 Å². The number of alkyl carbamates (subject to hydrolysis) is 1. The zero-order valence-corrected chi connectivity index (χ0v) is 19.6. The number of H-pyrrole nitrogens is 1. The van der Waals surface area contributed by atoms with Gasteiger partial charge in [-0.3, -0.25) is 14.9 Å². The Kier molecular flexibility index (Phi) is 8.50. The summed E-state index contributed by atoms with van der Waals surface area (Å²) in [5, 5.41) is 27.2. The molecule has 0 saturated carbocycles. The quantitative estimate of drug-likeness (QED) is 0.131. The number of hydrogen-bond donors (Lipinski definition) is 4. The number of rotatable bonds is 9. The number of imidazole rings is 1. The molecule has 0 aliphatic rings. The number of carbonyl (C=O) groups is 2. The molecule has 3 rings (SSSR count). The average molecular weight is 578 g/mol. The summed E-state index contributed by atoms with van der Waals surface area (Å²) in [5.74, 6) is -1.10. The Bertz CT molecular complexity index is 1190. The molecule has 3 aromatic rings.